The van der Waals surface area contributed by atoms with Crippen LogP contribution in [0.25, 0.3) is 11.0 Å². The molecule has 2 aliphatic rings. The lowest BCUT2D eigenvalue weighted by Crippen LogP contribution is -2.30. The second-order valence-corrected chi connectivity index (χ2v) is 7.48. The Morgan fingerprint density at radius 3 is 2.66 bits per heavy atom. The molecule has 0 fully saturated rings. The molecule has 1 unspecified atom stereocenters. The second-order valence-electron chi connectivity index (χ2n) is 7.48. The first-order valence-electron chi connectivity index (χ1n) is 9.61. The zero-order valence-corrected chi connectivity index (χ0v) is 16.2. The third-order valence-corrected chi connectivity index (χ3v) is 5.21. The van der Waals surface area contributed by atoms with E-state index in [1.165, 1.54) is 0 Å². The number of hydrogen-bond donors (Lipinski definition) is 0. The molecule has 29 heavy (non-hydrogen) atoms. The lowest BCUT2D eigenvalue weighted by molar-refractivity contribution is -0.136. The summed E-state index contributed by atoms with van der Waals surface area (Å²) in [5, 5.41) is 6.32. The van der Waals surface area contributed by atoms with Crippen LogP contribution in [0.15, 0.2) is 53.9 Å². The first-order chi connectivity index (χ1) is 14.1. The number of carbonyl (C=O) groups is 1. The molecule has 7 heteroatoms. The molecule has 2 aliphatic heterocycles. The molecule has 0 radical (unpaired) electrons. The molecule has 7 nitrogen and oxygen atoms in total. The third kappa shape index (κ3) is 3.08. The number of benzene rings is 2. The Bertz CT molecular complexity index is 1140. The van der Waals surface area contributed by atoms with Gasteiger partial charge in [0.15, 0.2) is 11.5 Å². The fourth-order valence-corrected chi connectivity index (χ4v) is 3.68. The lowest BCUT2D eigenvalue weighted by atomic mass is 9.97. The van der Waals surface area contributed by atoms with Gasteiger partial charge < -0.3 is 9.47 Å². The topological polar surface area (TPSA) is 76.9 Å². The standard InChI is InChI=1S/C22H20N4O3/c1-13(2)22(27)26-19(15-3-5-16-18(9-15)24-8-7-23-16)11-17(25-26)14-4-6-20-21(10-14)29-12-28-20/h3-10,13,19H,11-12H2,1-2H3. The average molecular weight is 388 g/mol. The van der Waals surface area contributed by atoms with Gasteiger partial charge in [0.05, 0.1) is 22.8 Å². The van der Waals surface area contributed by atoms with Crippen LogP contribution in [-0.4, -0.2) is 33.4 Å². The van der Waals surface area contributed by atoms with Crippen LogP contribution in [0.1, 0.15) is 37.4 Å². The highest BCUT2D eigenvalue weighted by molar-refractivity contribution is 6.03. The van der Waals surface area contributed by atoms with Gasteiger partial charge in [-0.25, -0.2) is 5.01 Å². The zero-order valence-electron chi connectivity index (χ0n) is 16.2. The number of carbonyl (C=O) groups excluding carboxylic acids is 1. The summed E-state index contributed by atoms with van der Waals surface area (Å²) in [4.78, 5) is 21.6. The smallest absolute Gasteiger partial charge is 0.245 e. The van der Waals surface area contributed by atoms with Crippen molar-refractivity contribution >= 4 is 22.7 Å². The molecule has 1 atom stereocenters. The first-order valence-corrected chi connectivity index (χ1v) is 9.61. The Kier molecular flexibility index (Phi) is 4.16. The highest BCUT2D eigenvalue weighted by Crippen LogP contribution is 2.38. The van der Waals surface area contributed by atoms with Gasteiger partial charge in [-0.3, -0.25) is 14.8 Å². The number of aromatic nitrogens is 2. The van der Waals surface area contributed by atoms with Crippen LogP contribution >= 0.6 is 0 Å². The van der Waals surface area contributed by atoms with E-state index < -0.39 is 0 Å². The molecular weight excluding hydrogens is 368 g/mol. The number of nitrogens with zero attached hydrogens (tertiary/aromatic N) is 4. The van der Waals surface area contributed by atoms with Crippen molar-refractivity contribution < 1.29 is 14.3 Å². The SMILES string of the molecule is CC(C)C(=O)N1N=C(c2ccc3c(c2)OCO3)CC1c1ccc2nccnc2c1. The molecule has 0 aliphatic carbocycles. The molecule has 3 heterocycles. The largest absolute Gasteiger partial charge is 0.454 e. The summed E-state index contributed by atoms with van der Waals surface area (Å²) in [5.74, 6) is 1.27. The summed E-state index contributed by atoms with van der Waals surface area (Å²) in [5.41, 5.74) is 4.40. The van der Waals surface area contributed by atoms with Crippen molar-refractivity contribution in [3.8, 4) is 11.5 Å². The van der Waals surface area contributed by atoms with E-state index in [0.717, 1.165) is 33.6 Å². The van der Waals surface area contributed by atoms with Crippen molar-refractivity contribution in [1.29, 1.82) is 0 Å². The fraction of sp³-hybridized carbons (Fsp3) is 0.273. The summed E-state index contributed by atoms with van der Waals surface area (Å²) < 4.78 is 10.9. The van der Waals surface area contributed by atoms with Crippen LogP contribution in [-0.2, 0) is 4.79 Å². The Morgan fingerprint density at radius 2 is 1.83 bits per heavy atom. The molecule has 0 spiro atoms. The van der Waals surface area contributed by atoms with Crippen molar-refractivity contribution in [3.63, 3.8) is 0 Å². The monoisotopic (exact) mass is 388 g/mol. The van der Waals surface area contributed by atoms with Crippen LogP contribution in [0.5, 0.6) is 11.5 Å². The van der Waals surface area contributed by atoms with E-state index in [4.69, 9.17) is 14.6 Å². The zero-order chi connectivity index (χ0) is 20.0. The number of amides is 1. The highest BCUT2D eigenvalue weighted by Gasteiger charge is 2.34. The van der Waals surface area contributed by atoms with Crippen molar-refractivity contribution in [2.45, 2.75) is 26.3 Å². The number of fused-ring (bicyclic) bond motifs is 2. The second kappa shape index (κ2) is 6.84. The van der Waals surface area contributed by atoms with Crippen LogP contribution in [0.4, 0.5) is 0 Å². The summed E-state index contributed by atoms with van der Waals surface area (Å²) in [6, 6.07) is 11.5. The van der Waals surface area contributed by atoms with E-state index in [2.05, 4.69) is 9.97 Å². The van der Waals surface area contributed by atoms with Crippen molar-refractivity contribution in [2.24, 2.45) is 11.0 Å². The van der Waals surface area contributed by atoms with Crippen LogP contribution in [0.2, 0.25) is 0 Å². The number of rotatable bonds is 3. The predicted molar refractivity (Wildman–Crippen MR) is 108 cm³/mol. The van der Waals surface area contributed by atoms with Crippen LogP contribution < -0.4 is 9.47 Å². The van der Waals surface area contributed by atoms with Crippen molar-refractivity contribution in [2.75, 3.05) is 6.79 Å². The molecule has 5 rings (SSSR count). The number of ether oxygens (including phenoxy) is 2. The molecule has 1 aromatic heterocycles. The molecule has 1 amide bonds. The Balaban J connectivity index is 1.53. The third-order valence-electron chi connectivity index (χ3n) is 5.21. The average Bonchev–Trinajstić information content (AvgIpc) is 3.39. The van der Waals surface area contributed by atoms with Gasteiger partial charge in [-0.1, -0.05) is 19.9 Å². The number of hydrazone groups is 1. The molecule has 3 aromatic rings. The minimum atomic E-state index is -0.184. The maximum Gasteiger partial charge on any atom is 0.245 e. The van der Waals surface area contributed by atoms with Gasteiger partial charge in [-0.2, -0.15) is 5.10 Å². The van der Waals surface area contributed by atoms with Gasteiger partial charge in [0, 0.05) is 30.3 Å². The summed E-state index contributed by atoms with van der Waals surface area (Å²) in [6.45, 7) is 4.00. The van der Waals surface area contributed by atoms with E-state index in [0.29, 0.717) is 12.2 Å². The first kappa shape index (κ1) is 17.6. The Labute approximate surface area is 168 Å². The van der Waals surface area contributed by atoms with Crippen molar-refractivity contribution in [3.05, 3.63) is 59.9 Å². The molecule has 2 aromatic carbocycles. The van der Waals surface area contributed by atoms with E-state index in [9.17, 15) is 4.79 Å². The fourth-order valence-electron chi connectivity index (χ4n) is 3.68. The summed E-state index contributed by atoms with van der Waals surface area (Å²) in [7, 11) is 0. The van der Waals surface area contributed by atoms with Gasteiger partial charge in [-0.05, 0) is 35.9 Å². The van der Waals surface area contributed by atoms with E-state index in [-0.39, 0.29) is 24.7 Å². The van der Waals surface area contributed by atoms with Gasteiger partial charge in [0.2, 0.25) is 12.7 Å². The Hall–Kier alpha value is -3.48. The Morgan fingerprint density at radius 1 is 1.03 bits per heavy atom. The minimum absolute atomic E-state index is 0.00927. The minimum Gasteiger partial charge on any atom is -0.454 e. The lowest BCUT2D eigenvalue weighted by Gasteiger charge is -2.23. The van der Waals surface area contributed by atoms with Crippen molar-refractivity contribution in [1.82, 2.24) is 15.0 Å². The number of hydrogen-bond acceptors (Lipinski definition) is 6. The molecule has 0 bridgehead atoms. The quantitative estimate of drug-likeness (QED) is 0.684. The predicted octanol–water partition coefficient (Wildman–Crippen LogP) is 3.69. The summed E-state index contributed by atoms with van der Waals surface area (Å²) in [6.07, 6.45) is 3.96. The maximum atomic E-state index is 12.9. The molecule has 146 valence electrons. The maximum absolute atomic E-state index is 12.9. The van der Waals surface area contributed by atoms with Crippen LogP contribution in [0.3, 0.4) is 0 Å². The molecule has 0 saturated heterocycles. The van der Waals surface area contributed by atoms with Gasteiger partial charge >= 0.3 is 0 Å². The summed E-state index contributed by atoms with van der Waals surface area (Å²) >= 11 is 0. The highest BCUT2D eigenvalue weighted by atomic mass is 16.7. The van der Waals surface area contributed by atoms with E-state index in [1.807, 2.05) is 50.2 Å². The van der Waals surface area contributed by atoms with Gasteiger partial charge in [-0.15, -0.1) is 0 Å². The molecule has 0 N–H and O–H groups in total. The van der Waals surface area contributed by atoms with Gasteiger partial charge in [0.25, 0.3) is 0 Å². The van der Waals surface area contributed by atoms with Crippen LogP contribution in [0, 0.1) is 5.92 Å². The van der Waals surface area contributed by atoms with Gasteiger partial charge in [0.1, 0.15) is 0 Å². The molecule has 0 saturated carbocycles. The normalized spacial score (nSPS) is 17.8. The van der Waals surface area contributed by atoms with E-state index in [1.54, 1.807) is 17.4 Å². The molecular formula is C22H20N4O3. The van der Waals surface area contributed by atoms with E-state index >= 15 is 0 Å².